The second kappa shape index (κ2) is 9.77. The molecule has 1 fully saturated rings. The molecule has 0 unspecified atom stereocenters. The van der Waals surface area contributed by atoms with Gasteiger partial charge in [-0.15, -0.1) is 0 Å². The van der Waals surface area contributed by atoms with Gasteiger partial charge in [0.15, 0.2) is 5.76 Å². The molecule has 3 aromatic rings. The number of aryl methyl sites for hydroxylation is 1. The monoisotopic (exact) mass is 452 g/mol. The third-order valence-electron chi connectivity index (χ3n) is 4.94. The average Bonchev–Trinajstić information content (AvgIpc) is 3.52. The number of hydrogen-bond acceptors (Lipinski definition) is 5. The number of carboxylic acid groups (broad SMARTS) is 2. The number of benzene rings is 2. The number of ether oxygens (including phenoxy) is 1. The highest BCUT2D eigenvalue weighted by atomic mass is 16.6. The molecular weight excluding hydrogens is 424 g/mol. The quantitative estimate of drug-likeness (QED) is 0.399. The Kier molecular flexibility index (Phi) is 7.06. The summed E-state index contributed by atoms with van der Waals surface area (Å²) in [4.78, 5) is 20.7. The van der Waals surface area contributed by atoms with Crippen molar-refractivity contribution >= 4 is 17.9 Å². The fourth-order valence-electron chi connectivity index (χ4n) is 3.31. The number of amides is 1. The van der Waals surface area contributed by atoms with E-state index in [4.69, 9.17) is 24.3 Å². The number of hydrogen-bond donors (Lipinski definition) is 3. The van der Waals surface area contributed by atoms with E-state index in [2.05, 4.69) is 46.9 Å². The minimum atomic E-state index is -1.83. The van der Waals surface area contributed by atoms with Crippen molar-refractivity contribution in [2.75, 3.05) is 5.32 Å². The van der Waals surface area contributed by atoms with Gasteiger partial charge in [0.2, 0.25) is 0 Å². The maximum atomic E-state index is 12.2. The summed E-state index contributed by atoms with van der Waals surface area (Å²) in [5.41, 5.74) is 5.16. The molecule has 1 amide bonds. The first-order valence-electron chi connectivity index (χ1n) is 10.6. The van der Waals surface area contributed by atoms with Crippen molar-refractivity contribution in [1.82, 2.24) is 5.16 Å². The molecule has 1 heterocycles. The van der Waals surface area contributed by atoms with E-state index in [1.807, 2.05) is 32.9 Å². The highest BCUT2D eigenvalue weighted by Crippen LogP contribution is 2.40. The van der Waals surface area contributed by atoms with Gasteiger partial charge in [-0.25, -0.2) is 9.59 Å². The maximum absolute atomic E-state index is 12.2. The first-order valence-corrected chi connectivity index (χ1v) is 10.6. The number of aromatic nitrogens is 1. The highest BCUT2D eigenvalue weighted by Gasteiger charge is 2.23. The fourth-order valence-corrected chi connectivity index (χ4v) is 3.31. The van der Waals surface area contributed by atoms with Crippen LogP contribution >= 0.6 is 0 Å². The average molecular weight is 453 g/mol. The topological polar surface area (TPSA) is 122 Å². The molecule has 3 N–H and O–H groups in total. The van der Waals surface area contributed by atoms with E-state index in [0.717, 1.165) is 17.0 Å². The van der Waals surface area contributed by atoms with Crippen molar-refractivity contribution in [2.45, 2.75) is 52.1 Å². The third kappa shape index (κ3) is 6.83. The Morgan fingerprint density at radius 1 is 0.970 bits per heavy atom. The molecule has 0 saturated heterocycles. The number of carbonyl (C=O) groups excluding carboxylic acids is 1. The van der Waals surface area contributed by atoms with Gasteiger partial charge in [0.1, 0.15) is 17.0 Å². The number of carbonyl (C=O) groups is 2. The molecule has 1 aromatic heterocycles. The molecule has 8 nitrogen and oxygen atoms in total. The van der Waals surface area contributed by atoms with E-state index in [0.29, 0.717) is 17.1 Å². The van der Waals surface area contributed by atoms with E-state index in [-0.39, 0.29) is 0 Å². The molecule has 4 rings (SSSR count). The van der Waals surface area contributed by atoms with E-state index < -0.39 is 17.8 Å². The van der Waals surface area contributed by atoms with Crippen LogP contribution in [-0.2, 0) is 4.74 Å². The molecule has 8 heteroatoms. The van der Waals surface area contributed by atoms with Crippen LogP contribution in [-0.4, -0.2) is 33.2 Å². The van der Waals surface area contributed by atoms with Crippen molar-refractivity contribution < 1.29 is 29.1 Å². The van der Waals surface area contributed by atoms with Gasteiger partial charge in [0.05, 0.1) is 0 Å². The van der Waals surface area contributed by atoms with Gasteiger partial charge in [-0.3, -0.25) is 5.32 Å². The molecule has 0 atom stereocenters. The van der Waals surface area contributed by atoms with Gasteiger partial charge in [-0.1, -0.05) is 53.7 Å². The van der Waals surface area contributed by atoms with Crippen LogP contribution in [0.4, 0.5) is 15.3 Å². The lowest BCUT2D eigenvalue weighted by atomic mass is 10.00. The second-order valence-corrected chi connectivity index (χ2v) is 8.85. The van der Waals surface area contributed by atoms with Crippen molar-refractivity contribution in [3.05, 3.63) is 59.9 Å². The van der Waals surface area contributed by atoms with Crippen LogP contribution in [0, 0.1) is 6.92 Å². The van der Waals surface area contributed by atoms with Crippen LogP contribution in [0.15, 0.2) is 53.1 Å². The summed E-state index contributed by atoms with van der Waals surface area (Å²) in [5, 5.41) is 20.8. The Bertz CT molecular complexity index is 1100. The van der Waals surface area contributed by atoms with Crippen molar-refractivity contribution in [3.8, 4) is 22.4 Å². The smallest absolute Gasteiger partial charge is 0.450 e. The molecule has 33 heavy (non-hydrogen) atoms. The Morgan fingerprint density at radius 2 is 1.45 bits per heavy atom. The van der Waals surface area contributed by atoms with Crippen LogP contribution in [0.1, 0.15) is 50.9 Å². The first kappa shape index (κ1) is 23.8. The number of rotatable bonds is 4. The molecule has 1 saturated carbocycles. The molecule has 0 radical (unpaired) electrons. The second-order valence-electron chi connectivity index (χ2n) is 8.85. The molecule has 2 aromatic carbocycles. The number of anilines is 1. The minimum absolute atomic E-state index is 0.529. The Hall–Kier alpha value is -3.81. The van der Waals surface area contributed by atoms with Crippen LogP contribution in [0.25, 0.3) is 22.4 Å². The maximum Gasteiger partial charge on any atom is 0.503 e. The summed E-state index contributed by atoms with van der Waals surface area (Å²) in [7, 11) is 0. The van der Waals surface area contributed by atoms with Crippen molar-refractivity contribution in [3.63, 3.8) is 0 Å². The fraction of sp³-hybridized carbons (Fsp3) is 0.320. The van der Waals surface area contributed by atoms with Crippen molar-refractivity contribution in [2.24, 2.45) is 0 Å². The molecule has 0 bridgehead atoms. The molecule has 0 spiro atoms. The van der Waals surface area contributed by atoms with Crippen LogP contribution in [0.3, 0.4) is 0 Å². The lowest BCUT2D eigenvalue weighted by Gasteiger charge is -2.19. The normalized spacial score (nSPS) is 13.0. The van der Waals surface area contributed by atoms with Gasteiger partial charge in [-0.05, 0) is 63.1 Å². The van der Waals surface area contributed by atoms with Crippen molar-refractivity contribution in [1.29, 1.82) is 0 Å². The third-order valence-corrected chi connectivity index (χ3v) is 4.94. The van der Waals surface area contributed by atoms with E-state index in [1.165, 1.54) is 24.0 Å². The van der Waals surface area contributed by atoms with Gasteiger partial charge in [0, 0.05) is 5.56 Å². The zero-order valence-corrected chi connectivity index (χ0v) is 19.1. The van der Waals surface area contributed by atoms with E-state index >= 15 is 0 Å². The lowest BCUT2D eigenvalue weighted by Crippen LogP contribution is -2.27. The Morgan fingerprint density at radius 3 is 1.94 bits per heavy atom. The predicted molar refractivity (Wildman–Crippen MR) is 125 cm³/mol. The van der Waals surface area contributed by atoms with Crippen LogP contribution < -0.4 is 5.32 Å². The number of nitrogens with zero attached hydrogens (tertiary/aromatic N) is 1. The van der Waals surface area contributed by atoms with E-state index in [9.17, 15) is 4.79 Å². The van der Waals surface area contributed by atoms with Gasteiger partial charge in [0.25, 0.3) is 0 Å². The zero-order valence-electron chi connectivity index (χ0n) is 19.1. The molecule has 0 aliphatic heterocycles. The summed E-state index contributed by atoms with van der Waals surface area (Å²) in [6.45, 7) is 7.23. The lowest BCUT2D eigenvalue weighted by molar-refractivity contribution is 0.0635. The van der Waals surface area contributed by atoms with Crippen LogP contribution in [0.5, 0.6) is 0 Å². The Balaban J connectivity index is 0.000000709. The SMILES string of the molecule is Cc1onc(-c2ccc(-c3ccc(C4CC4)cc3)cc2)c1NC(=O)OC(C)(C)C.O=C(O)O. The molecule has 174 valence electrons. The summed E-state index contributed by atoms with van der Waals surface area (Å²) in [5.74, 6) is 1.29. The van der Waals surface area contributed by atoms with Gasteiger partial charge >= 0.3 is 12.2 Å². The van der Waals surface area contributed by atoms with Gasteiger partial charge in [-0.2, -0.15) is 0 Å². The largest absolute Gasteiger partial charge is 0.503 e. The van der Waals surface area contributed by atoms with Crippen LogP contribution in [0.2, 0.25) is 0 Å². The molecule has 1 aliphatic rings. The van der Waals surface area contributed by atoms with Gasteiger partial charge < -0.3 is 19.5 Å². The standard InChI is InChI=1S/C24H26N2O3.CH2O3/c1-15-21(25-23(27)28-24(2,3)4)22(26-29-15)20-13-11-19(12-14-20)18-9-7-17(8-10-18)16-5-6-16;2-1(3)4/h7-14,16H,5-6H2,1-4H3,(H,25,27);(H2,2,3,4). The number of nitrogens with one attached hydrogen (secondary N) is 1. The minimum Gasteiger partial charge on any atom is -0.450 e. The predicted octanol–water partition coefficient (Wildman–Crippen LogP) is 6.76. The Labute approximate surface area is 192 Å². The summed E-state index contributed by atoms with van der Waals surface area (Å²) in [6.07, 6.45) is 0.257. The highest BCUT2D eigenvalue weighted by molar-refractivity contribution is 5.91. The summed E-state index contributed by atoms with van der Waals surface area (Å²) in [6, 6.07) is 16.9. The molecular formula is C25H28N2O6. The zero-order chi connectivity index (χ0) is 24.2. The first-order chi connectivity index (χ1) is 15.5. The van der Waals surface area contributed by atoms with E-state index in [1.54, 1.807) is 6.92 Å². The molecule has 1 aliphatic carbocycles. The summed E-state index contributed by atoms with van der Waals surface area (Å²) >= 11 is 0. The summed E-state index contributed by atoms with van der Waals surface area (Å²) < 4.78 is 10.7.